The van der Waals surface area contributed by atoms with E-state index in [-0.39, 0.29) is 5.91 Å². The second-order valence-corrected chi connectivity index (χ2v) is 3.69. The van der Waals surface area contributed by atoms with Crippen molar-refractivity contribution in [2.24, 2.45) is 5.73 Å². The molecule has 1 aromatic rings. The van der Waals surface area contributed by atoms with E-state index in [9.17, 15) is 4.79 Å². The summed E-state index contributed by atoms with van der Waals surface area (Å²) in [5.41, 5.74) is 6.62. The third-order valence-electron chi connectivity index (χ3n) is 2.53. The Labute approximate surface area is 96.5 Å². The Hall–Kier alpha value is -1.42. The number of carbonyl (C=O) groups excluding carboxylic acids is 1. The lowest BCUT2D eigenvalue weighted by Crippen LogP contribution is -2.43. The quantitative estimate of drug-likeness (QED) is 0.812. The van der Waals surface area contributed by atoms with Gasteiger partial charge in [-0.1, -0.05) is 13.0 Å². The van der Waals surface area contributed by atoms with E-state index in [0.29, 0.717) is 19.5 Å². The highest BCUT2D eigenvalue weighted by atomic mass is 16.2. The molecule has 0 aliphatic rings. The van der Waals surface area contributed by atoms with Gasteiger partial charge in [-0.05, 0) is 25.5 Å². The molecule has 1 aromatic heterocycles. The Balaban J connectivity index is 2.66. The van der Waals surface area contributed by atoms with Crippen molar-refractivity contribution in [3.8, 4) is 0 Å². The van der Waals surface area contributed by atoms with Crippen LogP contribution >= 0.6 is 0 Å². The maximum Gasteiger partial charge on any atom is 0.239 e. The molecule has 0 fully saturated rings. The van der Waals surface area contributed by atoms with Crippen LogP contribution in [0.5, 0.6) is 0 Å². The SMILES string of the molecule is CC[C@@H](N)C(=O)N(CC)Cc1ccccn1. The van der Waals surface area contributed by atoms with Gasteiger partial charge in [-0.15, -0.1) is 0 Å². The molecule has 0 bridgehead atoms. The molecule has 0 spiro atoms. The van der Waals surface area contributed by atoms with Crippen molar-refractivity contribution in [1.29, 1.82) is 0 Å². The van der Waals surface area contributed by atoms with Gasteiger partial charge >= 0.3 is 0 Å². The van der Waals surface area contributed by atoms with Crippen LogP contribution in [0.15, 0.2) is 24.4 Å². The van der Waals surface area contributed by atoms with Gasteiger partial charge in [0.15, 0.2) is 0 Å². The van der Waals surface area contributed by atoms with E-state index in [1.54, 1.807) is 11.1 Å². The standard InChI is InChI=1S/C12H19N3O/c1-3-11(13)12(16)15(4-2)9-10-7-5-6-8-14-10/h5-8,11H,3-4,9,13H2,1-2H3/t11-/m1/s1. The highest BCUT2D eigenvalue weighted by Gasteiger charge is 2.18. The highest BCUT2D eigenvalue weighted by Crippen LogP contribution is 2.04. The Morgan fingerprint density at radius 1 is 1.50 bits per heavy atom. The van der Waals surface area contributed by atoms with Crippen LogP contribution in [-0.2, 0) is 11.3 Å². The van der Waals surface area contributed by atoms with Crippen molar-refractivity contribution in [1.82, 2.24) is 9.88 Å². The zero-order valence-electron chi connectivity index (χ0n) is 9.89. The van der Waals surface area contributed by atoms with Gasteiger partial charge in [0, 0.05) is 12.7 Å². The van der Waals surface area contributed by atoms with Gasteiger partial charge in [0.05, 0.1) is 18.3 Å². The summed E-state index contributed by atoms with van der Waals surface area (Å²) in [5, 5.41) is 0. The lowest BCUT2D eigenvalue weighted by atomic mass is 10.2. The summed E-state index contributed by atoms with van der Waals surface area (Å²) in [7, 11) is 0. The minimum atomic E-state index is -0.399. The first-order valence-corrected chi connectivity index (χ1v) is 5.63. The van der Waals surface area contributed by atoms with Crippen molar-refractivity contribution in [3.05, 3.63) is 30.1 Å². The fourth-order valence-electron chi connectivity index (χ4n) is 1.44. The number of amides is 1. The normalized spacial score (nSPS) is 12.2. The number of hydrogen-bond donors (Lipinski definition) is 1. The van der Waals surface area contributed by atoms with E-state index in [2.05, 4.69) is 4.98 Å². The summed E-state index contributed by atoms with van der Waals surface area (Å²) in [4.78, 5) is 17.8. The topological polar surface area (TPSA) is 59.2 Å². The maximum atomic E-state index is 11.9. The highest BCUT2D eigenvalue weighted by molar-refractivity contribution is 5.81. The fraction of sp³-hybridized carbons (Fsp3) is 0.500. The van der Waals surface area contributed by atoms with Crippen molar-refractivity contribution < 1.29 is 4.79 Å². The average Bonchev–Trinajstić information content (AvgIpc) is 2.35. The average molecular weight is 221 g/mol. The van der Waals surface area contributed by atoms with Crippen LogP contribution in [0.1, 0.15) is 26.0 Å². The number of nitrogens with two attached hydrogens (primary N) is 1. The van der Waals surface area contributed by atoms with E-state index < -0.39 is 6.04 Å². The molecule has 0 aliphatic heterocycles. The minimum Gasteiger partial charge on any atom is -0.336 e. The summed E-state index contributed by atoms with van der Waals surface area (Å²) < 4.78 is 0. The van der Waals surface area contributed by atoms with Crippen LogP contribution in [0.2, 0.25) is 0 Å². The Kier molecular flexibility index (Phi) is 4.92. The van der Waals surface area contributed by atoms with Crippen molar-refractivity contribution in [2.45, 2.75) is 32.9 Å². The molecule has 1 heterocycles. The lowest BCUT2D eigenvalue weighted by Gasteiger charge is -2.23. The van der Waals surface area contributed by atoms with Gasteiger partial charge in [-0.2, -0.15) is 0 Å². The van der Waals surface area contributed by atoms with Crippen LogP contribution in [0.25, 0.3) is 0 Å². The predicted molar refractivity (Wildman–Crippen MR) is 63.6 cm³/mol. The number of hydrogen-bond acceptors (Lipinski definition) is 3. The molecule has 1 rings (SSSR count). The number of aromatic nitrogens is 1. The monoisotopic (exact) mass is 221 g/mol. The summed E-state index contributed by atoms with van der Waals surface area (Å²) in [5.74, 6) is -0.00402. The molecule has 0 saturated carbocycles. The number of nitrogens with zero attached hydrogens (tertiary/aromatic N) is 2. The first-order chi connectivity index (χ1) is 7.69. The van der Waals surface area contributed by atoms with Crippen LogP contribution in [0.4, 0.5) is 0 Å². The smallest absolute Gasteiger partial charge is 0.239 e. The van der Waals surface area contributed by atoms with Gasteiger partial charge in [-0.3, -0.25) is 9.78 Å². The van der Waals surface area contributed by atoms with Gasteiger partial charge in [0.25, 0.3) is 0 Å². The third-order valence-corrected chi connectivity index (χ3v) is 2.53. The molecule has 88 valence electrons. The lowest BCUT2D eigenvalue weighted by molar-refractivity contribution is -0.133. The molecule has 0 unspecified atom stereocenters. The first-order valence-electron chi connectivity index (χ1n) is 5.63. The van der Waals surface area contributed by atoms with Gasteiger partial charge in [-0.25, -0.2) is 0 Å². The minimum absolute atomic E-state index is 0.00402. The third kappa shape index (κ3) is 3.31. The van der Waals surface area contributed by atoms with Crippen LogP contribution in [0, 0.1) is 0 Å². The zero-order chi connectivity index (χ0) is 12.0. The molecule has 16 heavy (non-hydrogen) atoms. The maximum absolute atomic E-state index is 11.9. The number of likely N-dealkylation sites (N-methyl/N-ethyl adjacent to an activating group) is 1. The molecule has 0 aliphatic carbocycles. The fourth-order valence-corrected chi connectivity index (χ4v) is 1.44. The predicted octanol–water partition coefficient (Wildman–Crippen LogP) is 1.17. The molecule has 0 aromatic carbocycles. The van der Waals surface area contributed by atoms with Crippen LogP contribution < -0.4 is 5.73 Å². The second kappa shape index (κ2) is 6.23. The van der Waals surface area contributed by atoms with Gasteiger partial charge in [0.2, 0.25) is 5.91 Å². The molecule has 0 radical (unpaired) electrons. The molecule has 1 amide bonds. The Bertz CT molecular complexity index is 326. The zero-order valence-corrected chi connectivity index (χ0v) is 9.89. The first kappa shape index (κ1) is 12.6. The second-order valence-electron chi connectivity index (χ2n) is 3.69. The molecule has 0 saturated heterocycles. The van der Waals surface area contributed by atoms with E-state index in [4.69, 9.17) is 5.73 Å². The van der Waals surface area contributed by atoms with Crippen molar-refractivity contribution in [3.63, 3.8) is 0 Å². The molecule has 2 N–H and O–H groups in total. The largest absolute Gasteiger partial charge is 0.336 e. The molecule has 1 atom stereocenters. The Morgan fingerprint density at radius 2 is 2.25 bits per heavy atom. The Morgan fingerprint density at radius 3 is 2.75 bits per heavy atom. The van der Waals surface area contributed by atoms with Crippen LogP contribution in [0.3, 0.4) is 0 Å². The van der Waals surface area contributed by atoms with E-state index >= 15 is 0 Å². The summed E-state index contributed by atoms with van der Waals surface area (Å²) in [6, 6.07) is 5.29. The van der Waals surface area contributed by atoms with E-state index in [1.807, 2.05) is 32.0 Å². The molecule has 4 nitrogen and oxygen atoms in total. The summed E-state index contributed by atoms with van der Waals surface area (Å²) >= 11 is 0. The van der Waals surface area contributed by atoms with Crippen molar-refractivity contribution in [2.75, 3.05) is 6.54 Å². The molecule has 4 heteroatoms. The molecular formula is C12H19N3O. The van der Waals surface area contributed by atoms with Gasteiger partial charge < -0.3 is 10.6 Å². The summed E-state index contributed by atoms with van der Waals surface area (Å²) in [6.45, 7) is 5.05. The van der Waals surface area contributed by atoms with Crippen molar-refractivity contribution >= 4 is 5.91 Å². The van der Waals surface area contributed by atoms with Crippen LogP contribution in [-0.4, -0.2) is 28.4 Å². The van der Waals surface area contributed by atoms with E-state index in [1.165, 1.54) is 0 Å². The van der Waals surface area contributed by atoms with Gasteiger partial charge in [0.1, 0.15) is 0 Å². The number of carbonyl (C=O) groups is 1. The number of pyridine rings is 1. The number of rotatable bonds is 5. The summed E-state index contributed by atoms with van der Waals surface area (Å²) in [6.07, 6.45) is 2.39. The molecular weight excluding hydrogens is 202 g/mol. The van der Waals surface area contributed by atoms with E-state index in [0.717, 1.165) is 5.69 Å².